The van der Waals surface area contributed by atoms with E-state index in [0.29, 0.717) is 21.0 Å². The van der Waals surface area contributed by atoms with Crippen molar-refractivity contribution in [2.75, 3.05) is 16.0 Å². The number of aliphatic hydroxyl groups is 3. The summed E-state index contributed by atoms with van der Waals surface area (Å²) in [5.74, 6) is -1.43. The third-order valence-corrected chi connectivity index (χ3v) is 10.6. The Labute approximate surface area is 371 Å². The van der Waals surface area contributed by atoms with Gasteiger partial charge in [0, 0.05) is 40.1 Å². The molecule has 0 radical (unpaired) electrons. The standard InChI is InChI=1S/C17H18N2O8S.C13H12N2O3S.C11H10N2O2S/c1-8-6-18-17(28-8)19-14(24)9-4-2-3-5-10(9)26-16-13(23)11(21)12(22)15(27-16)25-7-20;1-8-7-14-13(19-8)15-12(17)10-5-3-4-6-11(10)18-9(2)16;1-7-6-12-11(16-7)13-10(15)8-4-2-3-5-9(8)14/h2-7,11-13,15-16,21-23H,1H3,(H,18,19,24);3-7H,1-2H3,(H,14,15,17);2-6,14H,1H3,(H,12,13,15). The normalized spacial score (nSPS) is 17.6. The van der Waals surface area contributed by atoms with Gasteiger partial charge in [-0.3, -0.25) is 44.7 Å². The van der Waals surface area contributed by atoms with Crippen LogP contribution in [0, 0.1) is 20.8 Å². The molecule has 4 heterocycles. The molecule has 22 heteroatoms. The summed E-state index contributed by atoms with van der Waals surface area (Å²) >= 11 is 4.07. The lowest BCUT2D eigenvalue weighted by Gasteiger charge is -2.38. The summed E-state index contributed by atoms with van der Waals surface area (Å²) in [5, 5.41) is 48.7. The first kappa shape index (κ1) is 47.4. The van der Waals surface area contributed by atoms with Gasteiger partial charge in [-0.2, -0.15) is 0 Å². The van der Waals surface area contributed by atoms with Crippen LogP contribution in [0.3, 0.4) is 0 Å². The molecule has 0 saturated carbocycles. The van der Waals surface area contributed by atoms with E-state index in [-0.39, 0.29) is 46.7 Å². The molecule has 5 unspecified atom stereocenters. The number of nitrogens with one attached hydrogen (secondary N) is 3. The second-order valence-corrected chi connectivity index (χ2v) is 16.7. The predicted molar refractivity (Wildman–Crippen MR) is 231 cm³/mol. The number of phenolic OH excluding ortho intramolecular Hbond substituents is 1. The molecular weight excluding hydrogens is 881 g/mol. The van der Waals surface area contributed by atoms with Gasteiger partial charge in [0.2, 0.25) is 12.6 Å². The number of rotatable bonds is 11. The van der Waals surface area contributed by atoms with Gasteiger partial charge in [0.1, 0.15) is 35.6 Å². The highest BCUT2D eigenvalue weighted by Crippen LogP contribution is 2.29. The third kappa shape index (κ3) is 13.4. The number of ether oxygens (including phenoxy) is 4. The number of aliphatic hydroxyl groups excluding tert-OH is 3. The first-order valence-corrected chi connectivity index (χ1v) is 20.9. The topological polar surface area (TPSA) is 278 Å². The van der Waals surface area contributed by atoms with E-state index in [1.54, 1.807) is 73.2 Å². The minimum Gasteiger partial charge on any atom is -0.507 e. The molecule has 5 atom stereocenters. The Morgan fingerprint density at radius 3 is 1.48 bits per heavy atom. The number of aromatic hydroxyl groups is 1. The molecule has 1 aliphatic rings. The van der Waals surface area contributed by atoms with E-state index in [9.17, 15) is 44.4 Å². The molecular formula is C41H40N6O13S3. The quantitative estimate of drug-likeness (QED) is 0.0508. The van der Waals surface area contributed by atoms with E-state index in [1.807, 2.05) is 20.8 Å². The van der Waals surface area contributed by atoms with Crippen molar-refractivity contribution in [3.8, 4) is 17.2 Å². The minimum atomic E-state index is -1.69. The molecule has 7 rings (SSSR count). The molecule has 0 spiro atoms. The summed E-state index contributed by atoms with van der Waals surface area (Å²) in [6.07, 6.45) is -3.06. The van der Waals surface area contributed by atoms with Crippen LogP contribution in [0.25, 0.3) is 0 Å². The average molecular weight is 921 g/mol. The number of para-hydroxylation sites is 3. The maximum atomic E-state index is 12.6. The van der Waals surface area contributed by atoms with Gasteiger partial charge in [-0.05, 0) is 57.2 Å². The number of hydrogen-bond acceptors (Lipinski definition) is 19. The van der Waals surface area contributed by atoms with Crippen molar-refractivity contribution in [3.63, 3.8) is 0 Å². The zero-order chi connectivity index (χ0) is 45.6. The zero-order valence-corrected chi connectivity index (χ0v) is 36.1. The first-order valence-electron chi connectivity index (χ1n) is 18.4. The number of esters is 1. The third-order valence-electron chi connectivity index (χ3n) is 8.15. The number of carbonyl (C=O) groups is 5. The van der Waals surface area contributed by atoms with Crippen LogP contribution in [0.5, 0.6) is 17.2 Å². The number of anilines is 3. The number of carbonyl (C=O) groups excluding carboxylic acids is 5. The van der Waals surface area contributed by atoms with Crippen molar-refractivity contribution in [2.45, 2.75) is 58.6 Å². The maximum Gasteiger partial charge on any atom is 0.308 e. The van der Waals surface area contributed by atoms with Crippen molar-refractivity contribution < 1.29 is 63.3 Å². The number of nitrogens with zero attached hydrogens (tertiary/aromatic N) is 3. The smallest absolute Gasteiger partial charge is 0.308 e. The molecule has 7 N–H and O–H groups in total. The highest BCUT2D eigenvalue weighted by molar-refractivity contribution is 7.16. The van der Waals surface area contributed by atoms with E-state index in [1.165, 1.54) is 59.1 Å². The van der Waals surface area contributed by atoms with Crippen molar-refractivity contribution in [2.24, 2.45) is 0 Å². The molecule has 0 aliphatic carbocycles. The molecule has 19 nitrogen and oxygen atoms in total. The van der Waals surface area contributed by atoms with Crippen molar-refractivity contribution >= 4 is 79.6 Å². The van der Waals surface area contributed by atoms with Gasteiger partial charge in [-0.15, -0.1) is 34.0 Å². The number of phenols is 1. The molecule has 1 saturated heterocycles. The van der Waals surface area contributed by atoms with Crippen LogP contribution in [0.1, 0.15) is 52.6 Å². The highest BCUT2D eigenvalue weighted by atomic mass is 32.1. The molecule has 1 aliphatic heterocycles. The lowest BCUT2D eigenvalue weighted by Crippen LogP contribution is -2.59. The first-order chi connectivity index (χ1) is 30.1. The lowest BCUT2D eigenvalue weighted by molar-refractivity contribution is -0.321. The summed E-state index contributed by atoms with van der Waals surface area (Å²) in [5.41, 5.74) is 0.667. The highest BCUT2D eigenvalue weighted by Gasteiger charge is 2.46. The van der Waals surface area contributed by atoms with Gasteiger partial charge in [-0.1, -0.05) is 36.4 Å². The summed E-state index contributed by atoms with van der Waals surface area (Å²) in [7, 11) is 0. The van der Waals surface area contributed by atoms with Gasteiger partial charge in [0.05, 0.1) is 16.7 Å². The minimum absolute atomic E-state index is 0.0340. The van der Waals surface area contributed by atoms with E-state index < -0.39 is 42.8 Å². The fourth-order valence-corrected chi connectivity index (χ4v) is 7.24. The average Bonchev–Trinajstić information content (AvgIpc) is 3.99. The van der Waals surface area contributed by atoms with Crippen LogP contribution in [-0.2, 0) is 19.1 Å². The summed E-state index contributed by atoms with van der Waals surface area (Å²) in [6, 6.07) is 19.1. The second kappa shape index (κ2) is 22.4. The fraction of sp³-hybridized carbons (Fsp3) is 0.220. The van der Waals surface area contributed by atoms with E-state index in [4.69, 9.17) is 14.2 Å². The van der Waals surface area contributed by atoms with Gasteiger partial charge in [0.15, 0.2) is 15.4 Å². The molecule has 0 bridgehead atoms. The number of aromatic nitrogens is 3. The van der Waals surface area contributed by atoms with Gasteiger partial charge in [0.25, 0.3) is 24.2 Å². The predicted octanol–water partition coefficient (Wildman–Crippen LogP) is 5.06. The molecule has 6 aromatic rings. The van der Waals surface area contributed by atoms with E-state index in [2.05, 4.69) is 35.6 Å². The van der Waals surface area contributed by atoms with Crippen LogP contribution in [0.2, 0.25) is 0 Å². The van der Waals surface area contributed by atoms with Crippen LogP contribution in [0.4, 0.5) is 15.4 Å². The summed E-state index contributed by atoms with van der Waals surface area (Å²) in [6.45, 7) is 6.99. The SMILES string of the molecule is CC(=O)Oc1ccccc1C(=O)Nc1ncc(C)s1.Cc1cnc(NC(=O)c2ccccc2O)s1.Cc1cnc(NC(=O)c2ccccc2OC2OC(OC=O)C(O)C(O)C2O)s1. The summed E-state index contributed by atoms with van der Waals surface area (Å²) in [4.78, 5) is 73.0. The number of aryl methyl sites for hydroxylation is 3. The molecule has 1 fully saturated rings. The Kier molecular flexibility index (Phi) is 16.9. The second-order valence-electron chi connectivity index (χ2n) is 13.0. The Hall–Kier alpha value is -6.66. The van der Waals surface area contributed by atoms with Gasteiger partial charge in [-0.25, -0.2) is 15.0 Å². The number of benzene rings is 3. The lowest BCUT2D eigenvalue weighted by atomic mass is 10.0. The Bertz CT molecular complexity index is 2530. The fourth-order valence-electron chi connectivity index (χ4n) is 5.26. The monoisotopic (exact) mass is 920 g/mol. The van der Waals surface area contributed by atoms with Crippen LogP contribution in [-0.4, -0.2) is 96.4 Å². The molecule has 63 heavy (non-hydrogen) atoms. The van der Waals surface area contributed by atoms with Crippen LogP contribution >= 0.6 is 34.0 Å². The molecule has 3 amide bonds. The number of hydrogen-bond donors (Lipinski definition) is 7. The number of amides is 3. The largest absolute Gasteiger partial charge is 0.507 e. The van der Waals surface area contributed by atoms with Crippen molar-refractivity contribution in [1.82, 2.24) is 15.0 Å². The number of thiazole rings is 3. The Balaban J connectivity index is 0.000000187. The zero-order valence-electron chi connectivity index (χ0n) is 33.7. The van der Waals surface area contributed by atoms with Gasteiger partial charge >= 0.3 is 5.97 Å². The van der Waals surface area contributed by atoms with Crippen LogP contribution in [0.15, 0.2) is 91.4 Å². The summed E-state index contributed by atoms with van der Waals surface area (Å²) < 4.78 is 20.3. The molecule has 330 valence electrons. The Morgan fingerprint density at radius 2 is 1.03 bits per heavy atom. The van der Waals surface area contributed by atoms with Crippen LogP contribution < -0.4 is 25.4 Å². The van der Waals surface area contributed by atoms with Crippen molar-refractivity contribution in [3.05, 3.63) is 123 Å². The van der Waals surface area contributed by atoms with E-state index in [0.717, 1.165) is 14.6 Å². The van der Waals surface area contributed by atoms with Crippen molar-refractivity contribution in [1.29, 1.82) is 0 Å². The molecule has 3 aromatic carbocycles. The maximum absolute atomic E-state index is 12.6. The molecule has 3 aromatic heterocycles. The van der Waals surface area contributed by atoms with E-state index >= 15 is 0 Å². The van der Waals surface area contributed by atoms with Gasteiger partial charge < -0.3 is 34.6 Å². The Morgan fingerprint density at radius 1 is 0.619 bits per heavy atom.